The Hall–Kier alpha value is -0.870. The highest BCUT2D eigenvalue weighted by Crippen LogP contribution is 2.43. The summed E-state index contributed by atoms with van der Waals surface area (Å²) in [6.45, 7) is 2.18. The Balaban J connectivity index is 2.40. The van der Waals surface area contributed by atoms with Gasteiger partial charge in [0.15, 0.2) is 0 Å². The number of ether oxygens (including phenoxy) is 2. The third-order valence-electron chi connectivity index (χ3n) is 3.51. The van der Waals surface area contributed by atoms with Gasteiger partial charge >= 0.3 is 0 Å². The van der Waals surface area contributed by atoms with E-state index in [-0.39, 0.29) is 0 Å². The second kappa shape index (κ2) is 6.34. The molecule has 1 N–H and O–H groups in total. The van der Waals surface area contributed by atoms with Gasteiger partial charge in [-0.2, -0.15) is 0 Å². The topological polar surface area (TPSA) is 30.5 Å². The Morgan fingerprint density at radius 3 is 2.44 bits per heavy atom. The standard InChI is InChI=1S/C14H21NO2S/c1-16-12-5-4-11(10-6-8-15-9-7-10)13(17-2)14(12)18-3/h4-5,10,15H,6-9H2,1-3H3. The van der Waals surface area contributed by atoms with Crippen LogP contribution in [0.2, 0.25) is 0 Å². The van der Waals surface area contributed by atoms with E-state index in [0.29, 0.717) is 5.92 Å². The minimum absolute atomic E-state index is 0.595. The molecule has 1 aromatic rings. The van der Waals surface area contributed by atoms with Crippen molar-refractivity contribution in [1.82, 2.24) is 5.32 Å². The maximum Gasteiger partial charge on any atom is 0.139 e. The van der Waals surface area contributed by atoms with Crippen molar-refractivity contribution in [1.29, 1.82) is 0 Å². The molecular weight excluding hydrogens is 246 g/mol. The monoisotopic (exact) mass is 267 g/mol. The van der Waals surface area contributed by atoms with Crippen molar-refractivity contribution in [2.45, 2.75) is 23.7 Å². The van der Waals surface area contributed by atoms with Crippen LogP contribution in [0.25, 0.3) is 0 Å². The molecule has 0 amide bonds. The van der Waals surface area contributed by atoms with Crippen LogP contribution in [-0.2, 0) is 0 Å². The zero-order valence-electron chi connectivity index (χ0n) is 11.3. The molecule has 0 aliphatic carbocycles. The molecule has 0 radical (unpaired) electrons. The second-order valence-corrected chi connectivity index (χ2v) is 5.26. The molecule has 18 heavy (non-hydrogen) atoms. The number of hydrogen-bond donors (Lipinski definition) is 1. The van der Waals surface area contributed by atoms with Crippen LogP contribution in [0.5, 0.6) is 11.5 Å². The van der Waals surface area contributed by atoms with E-state index in [4.69, 9.17) is 9.47 Å². The molecule has 1 aliphatic rings. The number of methoxy groups -OCH3 is 2. The number of piperidine rings is 1. The van der Waals surface area contributed by atoms with Gasteiger partial charge in [-0.3, -0.25) is 0 Å². The van der Waals surface area contributed by atoms with Crippen LogP contribution < -0.4 is 14.8 Å². The average molecular weight is 267 g/mol. The van der Waals surface area contributed by atoms with E-state index < -0.39 is 0 Å². The summed E-state index contributed by atoms with van der Waals surface area (Å²) in [4.78, 5) is 1.11. The van der Waals surface area contributed by atoms with E-state index in [2.05, 4.69) is 23.7 Å². The Morgan fingerprint density at radius 1 is 1.17 bits per heavy atom. The molecule has 0 bridgehead atoms. The number of benzene rings is 1. The van der Waals surface area contributed by atoms with E-state index in [9.17, 15) is 0 Å². The van der Waals surface area contributed by atoms with Gasteiger partial charge in [0.05, 0.1) is 19.1 Å². The summed E-state index contributed by atoms with van der Waals surface area (Å²) in [5.41, 5.74) is 1.32. The summed E-state index contributed by atoms with van der Waals surface area (Å²) in [7, 11) is 3.46. The molecule has 0 saturated carbocycles. The van der Waals surface area contributed by atoms with Crippen LogP contribution in [0, 0.1) is 0 Å². The fourth-order valence-corrected chi connectivity index (χ4v) is 3.32. The fourth-order valence-electron chi connectivity index (χ4n) is 2.58. The van der Waals surface area contributed by atoms with Crippen molar-refractivity contribution in [3.05, 3.63) is 17.7 Å². The zero-order valence-corrected chi connectivity index (χ0v) is 12.1. The van der Waals surface area contributed by atoms with Gasteiger partial charge in [-0.25, -0.2) is 0 Å². The van der Waals surface area contributed by atoms with Crippen molar-refractivity contribution >= 4 is 11.8 Å². The van der Waals surface area contributed by atoms with Crippen molar-refractivity contribution < 1.29 is 9.47 Å². The molecule has 2 rings (SSSR count). The highest BCUT2D eigenvalue weighted by atomic mass is 32.2. The third kappa shape index (κ3) is 2.59. The maximum absolute atomic E-state index is 5.64. The fraction of sp³-hybridized carbons (Fsp3) is 0.571. The molecule has 0 aromatic heterocycles. The van der Waals surface area contributed by atoms with Crippen molar-refractivity contribution in [3.8, 4) is 11.5 Å². The van der Waals surface area contributed by atoms with Crippen molar-refractivity contribution in [2.75, 3.05) is 33.6 Å². The SMILES string of the molecule is COc1ccc(C2CCNCC2)c(OC)c1SC. The molecule has 100 valence electrons. The quantitative estimate of drug-likeness (QED) is 0.850. The molecule has 1 fully saturated rings. The molecule has 1 aliphatic heterocycles. The van der Waals surface area contributed by atoms with Gasteiger partial charge in [0, 0.05) is 0 Å². The van der Waals surface area contributed by atoms with E-state index in [1.165, 1.54) is 18.4 Å². The Kier molecular flexibility index (Phi) is 4.78. The van der Waals surface area contributed by atoms with E-state index in [1.807, 2.05) is 0 Å². The number of thioether (sulfide) groups is 1. The molecule has 1 saturated heterocycles. The zero-order chi connectivity index (χ0) is 13.0. The van der Waals surface area contributed by atoms with Gasteiger partial charge in [0.2, 0.25) is 0 Å². The summed E-state index contributed by atoms with van der Waals surface area (Å²) in [5.74, 6) is 2.49. The number of rotatable bonds is 4. The average Bonchev–Trinajstić information content (AvgIpc) is 2.46. The van der Waals surface area contributed by atoms with Gasteiger partial charge < -0.3 is 14.8 Å². The molecule has 1 aromatic carbocycles. The largest absolute Gasteiger partial charge is 0.495 e. The highest BCUT2D eigenvalue weighted by molar-refractivity contribution is 7.98. The van der Waals surface area contributed by atoms with Crippen molar-refractivity contribution in [3.63, 3.8) is 0 Å². The minimum Gasteiger partial charge on any atom is -0.495 e. The smallest absolute Gasteiger partial charge is 0.139 e. The Labute approximate surface area is 113 Å². The number of nitrogens with one attached hydrogen (secondary N) is 1. The molecule has 3 nitrogen and oxygen atoms in total. The van der Waals surface area contributed by atoms with Gasteiger partial charge in [0.1, 0.15) is 11.5 Å². The lowest BCUT2D eigenvalue weighted by Crippen LogP contribution is -2.26. The first kappa shape index (κ1) is 13.6. The van der Waals surface area contributed by atoms with Crippen molar-refractivity contribution in [2.24, 2.45) is 0 Å². The Bertz CT molecular complexity index is 403. The first-order valence-electron chi connectivity index (χ1n) is 6.31. The number of hydrogen-bond acceptors (Lipinski definition) is 4. The summed E-state index contributed by atoms with van der Waals surface area (Å²) < 4.78 is 11.0. The van der Waals surface area contributed by atoms with Crippen LogP contribution in [0.3, 0.4) is 0 Å². The minimum atomic E-state index is 0.595. The van der Waals surface area contributed by atoms with Crippen LogP contribution in [-0.4, -0.2) is 33.6 Å². The van der Waals surface area contributed by atoms with Crippen LogP contribution in [0.4, 0.5) is 0 Å². The lowest BCUT2D eigenvalue weighted by molar-refractivity contribution is 0.364. The molecule has 4 heteroatoms. The lowest BCUT2D eigenvalue weighted by atomic mass is 9.89. The van der Waals surface area contributed by atoms with E-state index in [1.54, 1.807) is 26.0 Å². The summed E-state index contributed by atoms with van der Waals surface area (Å²) in [6.07, 6.45) is 4.42. The molecule has 0 spiro atoms. The van der Waals surface area contributed by atoms with Crippen LogP contribution in [0.15, 0.2) is 17.0 Å². The van der Waals surface area contributed by atoms with Gasteiger partial charge in [-0.1, -0.05) is 6.07 Å². The predicted octanol–water partition coefficient (Wildman–Crippen LogP) is 2.89. The predicted molar refractivity (Wildman–Crippen MR) is 76.2 cm³/mol. The van der Waals surface area contributed by atoms with Gasteiger partial charge in [0.25, 0.3) is 0 Å². The first-order chi connectivity index (χ1) is 8.81. The van der Waals surface area contributed by atoms with Crippen LogP contribution >= 0.6 is 11.8 Å². The summed E-state index contributed by atoms with van der Waals surface area (Å²) in [6, 6.07) is 4.22. The molecule has 1 heterocycles. The lowest BCUT2D eigenvalue weighted by Gasteiger charge is -2.26. The van der Waals surface area contributed by atoms with E-state index >= 15 is 0 Å². The summed E-state index contributed by atoms with van der Waals surface area (Å²) >= 11 is 1.68. The van der Waals surface area contributed by atoms with Gasteiger partial charge in [-0.15, -0.1) is 11.8 Å². The highest BCUT2D eigenvalue weighted by Gasteiger charge is 2.22. The molecule has 0 atom stereocenters. The third-order valence-corrected chi connectivity index (χ3v) is 4.31. The van der Waals surface area contributed by atoms with Gasteiger partial charge in [-0.05, 0) is 49.7 Å². The Morgan fingerprint density at radius 2 is 1.89 bits per heavy atom. The second-order valence-electron chi connectivity index (χ2n) is 4.45. The molecular formula is C14H21NO2S. The van der Waals surface area contributed by atoms with Crippen LogP contribution in [0.1, 0.15) is 24.3 Å². The normalized spacial score (nSPS) is 16.6. The van der Waals surface area contributed by atoms with E-state index in [0.717, 1.165) is 29.5 Å². The summed E-state index contributed by atoms with van der Waals surface area (Å²) in [5, 5.41) is 3.40. The maximum atomic E-state index is 5.64. The molecule has 0 unspecified atom stereocenters. The first-order valence-corrected chi connectivity index (χ1v) is 7.53.